The van der Waals surface area contributed by atoms with Crippen molar-refractivity contribution < 1.29 is 4.74 Å². The first-order chi connectivity index (χ1) is 9.88. The molecule has 0 saturated carbocycles. The number of allylic oxidation sites excluding steroid dienone is 1. The number of benzene rings is 1. The number of hydrogen-bond acceptors (Lipinski definition) is 2. The van der Waals surface area contributed by atoms with Crippen LogP contribution in [-0.2, 0) is 6.54 Å². The van der Waals surface area contributed by atoms with Gasteiger partial charge in [0, 0.05) is 6.54 Å². The standard InChI is InChI=1S/C18H25NO/c1-2-13-20-18-10-6-9-17(14-18)15-19-12-11-16-7-4-3-5-8-16/h2,6-7,9-10,14,19H,1,3-5,8,11-13,15H2. The third kappa shape index (κ3) is 5.22. The van der Waals surface area contributed by atoms with Crippen molar-refractivity contribution >= 4 is 0 Å². The van der Waals surface area contributed by atoms with Gasteiger partial charge in [0.05, 0.1) is 0 Å². The SMILES string of the molecule is C=CCOc1cccc(CNCCC2=CCCCC2)c1. The van der Waals surface area contributed by atoms with Gasteiger partial charge in [0.2, 0.25) is 0 Å². The Morgan fingerprint density at radius 3 is 3.05 bits per heavy atom. The summed E-state index contributed by atoms with van der Waals surface area (Å²) in [5.74, 6) is 0.916. The molecule has 2 nitrogen and oxygen atoms in total. The van der Waals surface area contributed by atoms with Gasteiger partial charge in [0.25, 0.3) is 0 Å². The van der Waals surface area contributed by atoms with Gasteiger partial charge in [0.1, 0.15) is 12.4 Å². The highest BCUT2D eigenvalue weighted by Gasteiger charge is 2.03. The smallest absolute Gasteiger partial charge is 0.120 e. The van der Waals surface area contributed by atoms with Crippen LogP contribution >= 0.6 is 0 Å². The number of rotatable bonds is 8. The average Bonchev–Trinajstić information content (AvgIpc) is 2.51. The molecule has 1 aromatic rings. The number of nitrogens with one attached hydrogen (secondary N) is 1. The van der Waals surface area contributed by atoms with E-state index in [1.807, 2.05) is 12.1 Å². The van der Waals surface area contributed by atoms with Crippen molar-refractivity contribution in [3.05, 3.63) is 54.1 Å². The molecule has 0 aliphatic heterocycles. The Kier molecular flexibility index (Phi) is 6.39. The van der Waals surface area contributed by atoms with Crippen LogP contribution in [0.15, 0.2) is 48.6 Å². The van der Waals surface area contributed by atoms with Crippen LogP contribution in [0.25, 0.3) is 0 Å². The maximum atomic E-state index is 5.54. The molecule has 0 aromatic heterocycles. The molecule has 0 fully saturated rings. The molecule has 20 heavy (non-hydrogen) atoms. The van der Waals surface area contributed by atoms with Gasteiger partial charge < -0.3 is 10.1 Å². The van der Waals surface area contributed by atoms with E-state index in [0.29, 0.717) is 6.61 Å². The van der Waals surface area contributed by atoms with E-state index in [9.17, 15) is 0 Å². The molecule has 108 valence electrons. The first-order valence-electron chi connectivity index (χ1n) is 7.60. The lowest BCUT2D eigenvalue weighted by Gasteiger charge is -2.13. The zero-order valence-corrected chi connectivity index (χ0v) is 12.2. The quantitative estimate of drug-likeness (QED) is 0.564. The largest absolute Gasteiger partial charge is 0.490 e. The van der Waals surface area contributed by atoms with E-state index >= 15 is 0 Å². The molecule has 0 heterocycles. The molecule has 0 amide bonds. The molecule has 0 radical (unpaired) electrons. The van der Waals surface area contributed by atoms with Crippen LogP contribution < -0.4 is 10.1 Å². The minimum absolute atomic E-state index is 0.561. The highest BCUT2D eigenvalue weighted by atomic mass is 16.5. The van der Waals surface area contributed by atoms with Crippen molar-refractivity contribution in [2.24, 2.45) is 0 Å². The minimum Gasteiger partial charge on any atom is -0.490 e. The molecule has 0 unspecified atom stereocenters. The van der Waals surface area contributed by atoms with Gasteiger partial charge in [-0.25, -0.2) is 0 Å². The molecule has 1 N–H and O–H groups in total. The summed E-state index contributed by atoms with van der Waals surface area (Å²) in [7, 11) is 0. The van der Waals surface area contributed by atoms with E-state index in [1.165, 1.54) is 37.7 Å². The molecule has 1 aliphatic carbocycles. The van der Waals surface area contributed by atoms with Crippen LogP contribution in [0.5, 0.6) is 5.75 Å². The van der Waals surface area contributed by atoms with Crippen molar-refractivity contribution in [3.63, 3.8) is 0 Å². The maximum Gasteiger partial charge on any atom is 0.120 e. The Bertz CT molecular complexity index is 450. The Hall–Kier alpha value is -1.54. The summed E-state index contributed by atoms with van der Waals surface area (Å²) >= 11 is 0. The fourth-order valence-corrected chi connectivity index (χ4v) is 2.51. The maximum absolute atomic E-state index is 5.54. The van der Waals surface area contributed by atoms with E-state index < -0.39 is 0 Å². The van der Waals surface area contributed by atoms with Crippen LogP contribution in [0, 0.1) is 0 Å². The Morgan fingerprint density at radius 1 is 1.30 bits per heavy atom. The van der Waals surface area contributed by atoms with E-state index in [1.54, 1.807) is 11.6 Å². The number of ether oxygens (including phenoxy) is 1. The molecule has 0 atom stereocenters. The van der Waals surface area contributed by atoms with Crippen molar-refractivity contribution in [3.8, 4) is 5.75 Å². The Labute approximate surface area is 122 Å². The third-order valence-electron chi connectivity index (χ3n) is 3.60. The fourth-order valence-electron chi connectivity index (χ4n) is 2.51. The third-order valence-corrected chi connectivity index (χ3v) is 3.60. The molecular formula is C18H25NO. The summed E-state index contributed by atoms with van der Waals surface area (Å²) in [4.78, 5) is 0. The molecule has 0 bridgehead atoms. The highest BCUT2D eigenvalue weighted by Crippen LogP contribution is 2.19. The van der Waals surface area contributed by atoms with Crippen LogP contribution in [-0.4, -0.2) is 13.2 Å². The fraction of sp³-hybridized carbons (Fsp3) is 0.444. The molecular weight excluding hydrogens is 246 g/mol. The second-order valence-electron chi connectivity index (χ2n) is 5.28. The number of hydrogen-bond donors (Lipinski definition) is 1. The monoisotopic (exact) mass is 271 g/mol. The van der Waals surface area contributed by atoms with Gasteiger partial charge in [-0.2, -0.15) is 0 Å². The summed E-state index contributed by atoms with van der Waals surface area (Å²) in [5, 5.41) is 3.52. The molecule has 1 aliphatic rings. The van der Waals surface area contributed by atoms with E-state index in [4.69, 9.17) is 4.74 Å². The molecule has 1 aromatic carbocycles. The van der Waals surface area contributed by atoms with Crippen molar-refractivity contribution in [1.29, 1.82) is 0 Å². The average molecular weight is 271 g/mol. The van der Waals surface area contributed by atoms with Gasteiger partial charge in [-0.3, -0.25) is 0 Å². The van der Waals surface area contributed by atoms with Crippen LogP contribution in [0.1, 0.15) is 37.7 Å². The Balaban J connectivity index is 1.70. The lowest BCUT2D eigenvalue weighted by Crippen LogP contribution is -2.15. The molecule has 0 saturated heterocycles. The van der Waals surface area contributed by atoms with Crippen molar-refractivity contribution in [2.75, 3.05) is 13.2 Å². The summed E-state index contributed by atoms with van der Waals surface area (Å²) in [6.45, 7) is 6.18. The predicted octanol–water partition coefficient (Wildman–Crippen LogP) is 4.23. The summed E-state index contributed by atoms with van der Waals surface area (Å²) in [6, 6.07) is 8.25. The van der Waals surface area contributed by atoms with Gasteiger partial charge in [-0.15, -0.1) is 0 Å². The first kappa shape index (κ1) is 14.9. The zero-order valence-electron chi connectivity index (χ0n) is 12.2. The van der Waals surface area contributed by atoms with Gasteiger partial charge in [-0.1, -0.05) is 36.4 Å². The van der Waals surface area contributed by atoms with E-state index in [0.717, 1.165) is 18.8 Å². The Morgan fingerprint density at radius 2 is 2.25 bits per heavy atom. The van der Waals surface area contributed by atoms with Crippen molar-refractivity contribution in [2.45, 2.75) is 38.6 Å². The molecule has 2 rings (SSSR count). The van der Waals surface area contributed by atoms with Gasteiger partial charge in [-0.05, 0) is 56.3 Å². The van der Waals surface area contributed by atoms with E-state index in [-0.39, 0.29) is 0 Å². The molecule has 0 spiro atoms. The van der Waals surface area contributed by atoms with Gasteiger partial charge >= 0.3 is 0 Å². The predicted molar refractivity (Wildman–Crippen MR) is 85.0 cm³/mol. The summed E-state index contributed by atoms with van der Waals surface area (Å²) in [5.41, 5.74) is 2.90. The zero-order chi connectivity index (χ0) is 14.0. The lowest BCUT2D eigenvalue weighted by molar-refractivity contribution is 0.362. The second kappa shape index (κ2) is 8.60. The van der Waals surface area contributed by atoms with Crippen LogP contribution in [0.4, 0.5) is 0 Å². The van der Waals surface area contributed by atoms with E-state index in [2.05, 4.69) is 30.1 Å². The van der Waals surface area contributed by atoms with Crippen LogP contribution in [0.2, 0.25) is 0 Å². The molecule has 2 heteroatoms. The van der Waals surface area contributed by atoms with Crippen molar-refractivity contribution in [1.82, 2.24) is 5.32 Å². The van der Waals surface area contributed by atoms with Crippen LogP contribution in [0.3, 0.4) is 0 Å². The normalized spacial score (nSPS) is 14.7. The first-order valence-corrected chi connectivity index (χ1v) is 7.60. The minimum atomic E-state index is 0.561. The summed E-state index contributed by atoms with van der Waals surface area (Å²) < 4.78 is 5.54. The van der Waals surface area contributed by atoms with Gasteiger partial charge in [0.15, 0.2) is 0 Å². The lowest BCUT2D eigenvalue weighted by atomic mass is 9.97. The summed E-state index contributed by atoms with van der Waals surface area (Å²) in [6.07, 6.45) is 10.7. The highest BCUT2D eigenvalue weighted by molar-refractivity contribution is 5.28. The second-order valence-corrected chi connectivity index (χ2v) is 5.28. The topological polar surface area (TPSA) is 21.3 Å².